The summed E-state index contributed by atoms with van der Waals surface area (Å²) in [5.74, 6) is -1.08. The van der Waals surface area contributed by atoms with Crippen LogP contribution in [-0.4, -0.2) is 36.9 Å². The van der Waals surface area contributed by atoms with E-state index in [2.05, 4.69) is 15.0 Å². The zero-order chi connectivity index (χ0) is 18.6. The summed E-state index contributed by atoms with van der Waals surface area (Å²) < 4.78 is 40.4. The van der Waals surface area contributed by atoms with Gasteiger partial charge in [0.05, 0.1) is 35.5 Å². The number of H-pyrrole nitrogens is 1. The molecule has 0 fully saturated rings. The second-order valence-corrected chi connectivity index (χ2v) is 6.53. The van der Waals surface area contributed by atoms with Crippen molar-refractivity contribution in [2.75, 3.05) is 6.54 Å². The molecule has 26 heavy (non-hydrogen) atoms. The summed E-state index contributed by atoms with van der Waals surface area (Å²) in [4.78, 5) is 25.2. The van der Waals surface area contributed by atoms with Gasteiger partial charge in [-0.25, -0.2) is 9.97 Å². The van der Waals surface area contributed by atoms with Gasteiger partial charge in [-0.05, 0) is 25.5 Å². The van der Waals surface area contributed by atoms with Crippen LogP contribution in [0.3, 0.4) is 0 Å². The number of aromatic nitrogens is 4. The van der Waals surface area contributed by atoms with Gasteiger partial charge in [-0.15, -0.1) is 0 Å². The number of hydrogen-bond donors (Lipinski definition) is 1. The minimum Gasteiger partial charge on any atom is -0.334 e. The van der Waals surface area contributed by atoms with Gasteiger partial charge in [0.2, 0.25) is 5.82 Å². The van der Waals surface area contributed by atoms with Gasteiger partial charge in [0.1, 0.15) is 0 Å². The molecule has 3 heterocycles. The highest BCUT2D eigenvalue weighted by atomic mass is 19.4. The van der Waals surface area contributed by atoms with Gasteiger partial charge in [0, 0.05) is 6.54 Å². The molecule has 1 aliphatic heterocycles. The zero-order valence-electron chi connectivity index (χ0n) is 14.1. The van der Waals surface area contributed by atoms with Gasteiger partial charge in [0.15, 0.2) is 5.82 Å². The lowest BCUT2D eigenvalue weighted by Crippen LogP contribution is -2.41. The van der Waals surface area contributed by atoms with Crippen molar-refractivity contribution >= 4 is 16.9 Å². The van der Waals surface area contributed by atoms with Crippen molar-refractivity contribution in [3.05, 3.63) is 47.3 Å². The Kier molecular flexibility index (Phi) is 3.57. The maximum absolute atomic E-state index is 13.1. The number of imidazole rings is 2. The number of carbonyl (C=O) groups is 1. The van der Waals surface area contributed by atoms with Crippen LogP contribution in [0.2, 0.25) is 0 Å². The van der Waals surface area contributed by atoms with Crippen LogP contribution in [-0.2, 0) is 12.7 Å². The Morgan fingerprint density at radius 2 is 2.12 bits per heavy atom. The summed E-state index contributed by atoms with van der Waals surface area (Å²) >= 11 is 0. The Labute approximate surface area is 146 Å². The number of hydrogen-bond acceptors (Lipinski definition) is 3. The van der Waals surface area contributed by atoms with Crippen LogP contribution in [0.1, 0.15) is 40.7 Å². The monoisotopic (exact) mass is 363 g/mol. The van der Waals surface area contributed by atoms with E-state index >= 15 is 0 Å². The second kappa shape index (κ2) is 5.58. The number of amides is 1. The SMILES string of the molecule is Cc1cccc2[nH]c(C(=O)N3Cc4cnc(C(F)(F)F)n4C(C)C3)nc12. The van der Waals surface area contributed by atoms with Gasteiger partial charge >= 0.3 is 6.18 Å². The summed E-state index contributed by atoms with van der Waals surface area (Å²) in [5.41, 5.74) is 2.77. The molecular formula is C17H16F3N5O. The van der Waals surface area contributed by atoms with Gasteiger partial charge < -0.3 is 14.5 Å². The first-order chi connectivity index (χ1) is 12.3. The molecule has 9 heteroatoms. The lowest BCUT2D eigenvalue weighted by atomic mass is 10.2. The normalized spacial score (nSPS) is 17.6. The minimum absolute atomic E-state index is 0.0578. The first kappa shape index (κ1) is 16.6. The van der Waals surface area contributed by atoms with Crippen molar-refractivity contribution in [2.45, 2.75) is 32.6 Å². The molecule has 1 aliphatic rings. The maximum atomic E-state index is 13.1. The maximum Gasteiger partial charge on any atom is 0.449 e. The number of rotatable bonds is 1. The topological polar surface area (TPSA) is 66.8 Å². The van der Waals surface area contributed by atoms with Crippen molar-refractivity contribution in [2.24, 2.45) is 0 Å². The fourth-order valence-corrected chi connectivity index (χ4v) is 3.46. The first-order valence-electron chi connectivity index (χ1n) is 8.13. The molecule has 1 unspecified atom stereocenters. The molecule has 4 rings (SSSR count). The minimum atomic E-state index is -4.52. The number of fused-ring (bicyclic) bond motifs is 2. The van der Waals surface area contributed by atoms with E-state index in [1.54, 1.807) is 6.92 Å². The number of benzene rings is 1. The van der Waals surface area contributed by atoms with Gasteiger partial charge in [-0.3, -0.25) is 4.79 Å². The fraction of sp³-hybridized carbons (Fsp3) is 0.353. The molecule has 2 aromatic heterocycles. The smallest absolute Gasteiger partial charge is 0.334 e. The standard InChI is InChI=1S/C17H16F3N5O/c1-9-4-3-5-12-13(9)23-14(22-12)15(26)24-7-10(2)25-11(8-24)6-21-16(25)17(18,19)20/h3-6,10H,7-8H2,1-2H3,(H,22,23). The molecule has 0 saturated heterocycles. The molecule has 136 valence electrons. The highest BCUT2D eigenvalue weighted by Gasteiger charge is 2.40. The van der Waals surface area contributed by atoms with Crippen LogP contribution >= 0.6 is 0 Å². The first-order valence-corrected chi connectivity index (χ1v) is 8.13. The Morgan fingerprint density at radius 1 is 1.35 bits per heavy atom. The molecule has 6 nitrogen and oxygen atoms in total. The summed E-state index contributed by atoms with van der Waals surface area (Å²) in [5, 5.41) is 0. The van der Waals surface area contributed by atoms with E-state index in [1.165, 1.54) is 11.1 Å². The van der Waals surface area contributed by atoms with E-state index in [1.807, 2.05) is 25.1 Å². The zero-order valence-corrected chi connectivity index (χ0v) is 14.1. The lowest BCUT2D eigenvalue weighted by molar-refractivity contribution is -0.148. The van der Waals surface area contributed by atoms with E-state index in [4.69, 9.17) is 0 Å². The van der Waals surface area contributed by atoms with Crippen molar-refractivity contribution < 1.29 is 18.0 Å². The number of halogens is 3. The molecule has 0 bridgehead atoms. The van der Waals surface area contributed by atoms with E-state index in [0.717, 1.165) is 15.6 Å². The van der Waals surface area contributed by atoms with Crippen molar-refractivity contribution in [3.8, 4) is 0 Å². The van der Waals surface area contributed by atoms with Crippen LogP contribution < -0.4 is 0 Å². The predicted molar refractivity (Wildman–Crippen MR) is 87.5 cm³/mol. The predicted octanol–water partition coefficient (Wildman–Crippen LogP) is 3.30. The number of para-hydroxylation sites is 1. The third-order valence-electron chi connectivity index (χ3n) is 4.61. The highest BCUT2D eigenvalue weighted by molar-refractivity contribution is 5.94. The van der Waals surface area contributed by atoms with Crippen LogP contribution in [0.15, 0.2) is 24.4 Å². The number of alkyl halides is 3. The Hall–Kier alpha value is -2.84. The Bertz CT molecular complexity index is 1000. The third kappa shape index (κ3) is 2.54. The lowest BCUT2D eigenvalue weighted by Gasteiger charge is -2.33. The summed E-state index contributed by atoms with van der Waals surface area (Å²) in [6.07, 6.45) is -3.34. The summed E-state index contributed by atoms with van der Waals surface area (Å²) in [6.45, 7) is 3.75. The molecule has 0 spiro atoms. The molecule has 1 aromatic carbocycles. The van der Waals surface area contributed by atoms with Crippen LogP contribution in [0.4, 0.5) is 13.2 Å². The Morgan fingerprint density at radius 3 is 2.81 bits per heavy atom. The summed E-state index contributed by atoms with van der Waals surface area (Å²) in [6, 6.07) is 5.06. The van der Waals surface area contributed by atoms with Crippen LogP contribution in [0.5, 0.6) is 0 Å². The molecule has 0 saturated carbocycles. The van der Waals surface area contributed by atoms with Crippen molar-refractivity contribution in [1.82, 2.24) is 24.4 Å². The molecule has 0 radical (unpaired) electrons. The van der Waals surface area contributed by atoms with E-state index in [9.17, 15) is 18.0 Å². The molecule has 3 aromatic rings. The molecule has 1 N–H and O–H groups in total. The van der Waals surface area contributed by atoms with Crippen molar-refractivity contribution in [1.29, 1.82) is 0 Å². The molecule has 1 amide bonds. The third-order valence-corrected chi connectivity index (χ3v) is 4.61. The van der Waals surface area contributed by atoms with Crippen LogP contribution in [0.25, 0.3) is 11.0 Å². The molecule has 0 aliphatic carbocycles. The van der Waals surface area contributed by atoms with Crippen molar-refractivity contribution in [3.63, 3.8) is 0 Å². The van der Waals surface area contributed by atoms with Gasteiger partial charge in [0.25, 0.3) is 5.91 Å². The average Bonchev–Trinajstić information content (AvgIpc) is 3.18. The van der Waals surface area contributed by atoms with Crippen LogP contribution in [0, 0.1) is 6.92 Å². The van der Waals surface area contributed by atoms with E-state index < -0.39 is 18.0 Å². The number of aryl methyl sites for hydroxylation is 1. The molecular weight excluding hydrogens is 347 g/mol. The molecule has 1 atom stereocenters. The quantitative estimate of drug-likeness (QED) is 0.721. The second-order valence-electron chi connectivity index (χ2n) is 6.53. The summed E-state index contributed by atoms with van der Waals surface area (Å²) in [7, 11) is 0. The Balaban J connectivity index is 1.66. The number of nitrogens with zero attached hydrogens (tertiary/aromatic N) is 4. The fourth-order valence-electron chi connectivity index (χ4n) is 3.46. The average molecular weight is 363 g/mol. The van der Waals surface area contributed by atoms with Gasteiger partial charge in [-0.2, -0.15) is 13.2 Å². The number of nitrogens with one attached hydrogen (secondary N) is 1. The largest absolute Gasteiger partial charge is 0.449 e. The van der Waals surface area contributed by atoms with Gasteiger partial charge in [-0.1, -0.05) is 12.1 Å². The van der Waals surface area contributed by atoms with E-state index in [0.29, 0.717) is 11.2 Å². The van der Waals surface area contributed by atoms with E-state index in [-0.39, 0.29) is 24.8 Å². The number of aromatic amines is 1. The number of carbonyl (C=O) groups excluding carboxylic acids is 1. The highest BCUT2D eigenvalue weighted by Crippen LogP contribution is 2.33.